The average molecular weight is 319 g/mol. The van der Waals surface area contributed by atoms with Crippen LogP contribution in [0.4, 0.5) is 8.78 Å². The fourth-order valence-corrected chi connectivity index (χ4v) is 1.88. The Morgan fingerprint density at radius 2 is 1.70 bits per heavy atom. The summed E-state index contributed by atoms with van der Waals surface area (Å²) in [4.78, 5) is 23.7. The van der Waals surface area contributed by atoms with E-state index in [0.29, 0.717) is 6.07 Å². The van der Waals surface area contributed by atoms with Crippen molar-refractivity contribution in [1.82, 2.24) is 5.32 Å². The van der Waals surface area contributed by atoms with Crippen molar-refractivity contribution in [2.24, 2.45) is 0 Å². The molecular weight excluding hydrogens is 304 g/mol. The van der Waals surface area contributed by atoms with Gasteiger partial charge in [-0.05, 0) is 24.6 Å². The minimum atomic E-state index is -1.09. The standard InChI is InChI=1S/C17H15F2NO3/c1-11(16(21)20-10-12-5-3-2-4-6-12)23-17(22)13-7-14(18)9-15(19)8-13/h2-9,11H,10H2,1H3,(H,20,21)/t11-/m0/s1. The second-order valence-corrected chi connectivity index (χ2v) is 4.91. The zero-order valence-corrected chi connectivity index (χ0v) is 12.4. The van der Waals surface area contributed by atoms with Gasteiger partial charge >= 0.3 is 5.97 Å². The summed E-state index contributed by atoms with van der Waals surface area (Å²) in [6.45, 7) is 1.67. The molecule has 0 unspecified atom stereocenters. The van der Waals surface area contributed by atoms with Crippen molar-refractivity contribution in [2.75, 3.05) is 0 Å². The lowest BCUT2D eigenvalue weighted by molar-refractivity contribution is -0.129. The zero-order chi connectivity index (χ0) is 16.8. The van der Waals surface area contributed by atoms with Crippen LogP contribution in [0.1, 0.15) is 22.8 Å². The van der Waals surface area contributed by atoms with Crippen LogP contribution in [0.25, 0.3) is 0 Å². The number of esters is 1. The van der Waals surface area contributed by atoms with E-state index in [1.807, 2.05) is 30.3 Å². The molecule has 1 amide bonds. The lowest BCUT2D eigenvalue weighted by atomic mass is 10.2. The van der Waals surface area contributed by atoms with Crippen molar-refractivity contribution in [3.05, 3.63) is 71.3 Å². The van der Waals surface area contributed by atoms with Crippen molar-refractivity contribution in [1.29, 1.82) is 0 Å². The van der Waals surface area contributed by atoms with Gasteiger partial charge in [-0.2, -0.15) is 0 Å². The van der Waals surface area contributed by atoms with E-state index in [-0.39, 0.29) is 12.1 Å². The van der Waals surface area contributed by atoms with Gasteiger partial charge in [0.2, 0.25) is 0 Å². The van der Waals surface area contributed by atoms with Gasteiger partial charge < -0.3 is 10.1 Å². The normalized spacial score (nSPS) is 11.6. The van der Waals surface area contributed by atoms with E-state index in [2.05, 4.69) is 5.32 Å². The maximum atomic E-state index is 13.1. The summed E-state index contributed by atoms with van der Waals surface area (Å²) >= 11 is 0. The lowest BCUT2D eigenvalue weighted by Crippen LogP contribution is -2.35. The first-order valence-electron chi connectivity index (χ1n) is 6.94. The molecular formula is C17H15F2NO3. The highest BCUT2D eigenvalue weighted by Crippen LogP contribution is 2.10. The van der Waals surface area contributed by atoms with Gasteiger partial charge in [0.15, 0.2) is 6.10 Å². The molecule has 2 aromatic carbocycles. The molecule has 4 nitrogen and oxygen atoms in total. The third-order valence-electron chi connectivity index (χ3n) is 3.06. The van der Waals surface area contributed by atoms with Crippen molar-refractivity contribution in [3.8, 4) is 0 Å². The molecule has 120 valence electrons. The molecule has 23 heavy (non-hydrogen) atoms. The summed E-state index contributed by atoms with van der Waals surface area (Å²) in [5.74, 6) is -3.25. The number of hydrogen-bond donors (Lipinski definition) is 1. The number of benzene rings is 2. The molecule has 2 rings (SSSR count). The summed E-state index contributed by atoms with van der Waals surface area (Å²) < 4.78 is 31.0. The SMILES string of the molecule is C[C@H](OC(=O)c1cc(F)cc(F)c1)C(=O)NCc1ccccc1. The summed E-state index contributed by atoms with van der Waals surface area (Å²) in [5.41, 5.74) is 0.608. The lowest BCUT2D eigenvalue weighted by Gasteiger charge is -2.13. The number of hydrogen-bond acceptors (Lipinski definition) is 3. The minimum Gasteiger partial charge on any atom is -0.449 e. The van der Waals surface area contributed by atoms with Gasteiger partial charge in [0.1, 0.15) is 11.6 Å². The monoisotopic (exact) mass is 319 g/mol. The number of halogens is 2. The molecule has 0 saturated carbocycles. The third kappa shape index (κ3) is 4.88. The largest absolute Gasteiger partial charge is 0.449 e. The second kappa shape index (κ2) is 7.49. The Kier molecular flexibility index (Phi) is 5.41. The number of rotatable bonds is 5. The highest BCUT2D eigenvalue weighted by molar-refractivity contribution is 5.92. The summed E-state index contributed by atoms with van der Waals surface area (Å²) in [6, 6.07) is 11.5. The maximum absolute atomic E-state index is 13.1. The molecule has 0 aliphatic carbocycles. The highest BCUT2D eigenvalue weighted by Gasteiger charge is 2.19. The van der Waals surface area contributed by atoms with Crippen molar-refractivity contribution in [3.63, 3.8) is 0 Å². The van der Waals surface area contributed by atoms with E-state index in [9.17, 15) is 18.4 Å². The Morgan fingerprint density at radius 1 is 1.09 bits per heavy atom. The molecule has 0 fully saturated rings. The molecule has 0 bridgehead atoms. The molecule has 0 heterocycles. The zero-order valence-electron chi connectivity index (χ0n) is 12.4. The van der Waals surface area contributed by atoms with Crippen LogP contribution in [0, 0.1) is 11.6 Å². The Morgan fingerprint density at radius 3 is 2.30 bits per heavy atom. The van der Waals surface area contributed by atoms with E-state index in [0.717, 1.165) is 17.7 Å². The Labute approximate surface area is 132 Å². The van der Waals surface area contributed by atoms with Gasteiger partial charge in [-0.15, -0.1) is 0 Å². The van der Waals surface area contributed by atoms with Crippen LogP contribution in [0.3, 0.4) is 0 Å². The molecule has 0 aliphatic rings. The Balaban J connectivity index is 1.91. The van der Waals surface area contributed by atoms with Crippen LogP contribution in [0.5, 0.6) is 0 Å². The smallest absolute Gasteiger partial charge is 0.339 e. The summed E-state index contributed by atoms with van der Waals surface area (Å²) in [5, 5.41) is 2.61. The molecule has 0 saturated heterocycles. The van der Waals surface area contributed by atoms with Gasteiger partial charge in [-0.25, -0.2) is 13.6 Å². The van der Waals surface area contributed by atoms with Crippen LogP contribution < -0.4 is 5.32 Å². The Bertz CT molecular complexity index is 684. The molecule has 0 aliphatic heterocycles. The summed E-state index contributed by atoms with van der Waals surface area (Å²) in [6.07, 6.45) is -1.09. The van der Waals surface area contributed by atoms with E-state index in [1.54, 1.807) is 0 Å². The quantitative estimate of drug-likeness (QED) is 0.862. The summed E-state index contributed by atoms with van der Waals surface area (Å²) in [7, 11) is 0. The first kappa shape index (κ1) is 16.6. The van der Waals surface area contributed by atoms with E-state index < -0.39 is 29.6 Å². The first-order chi connectivity index (χ1) is 11.0. The number of ether oxygens (including phenoxy) is 1. The van der Waals surface area contributed by atoms with Gasteiger partial charge in [-0.3, -0.25) is 4.79 Å². The van der Waals surface area contributed by atoms with Crippen LogP contribution in [-0.2, 0) is 16.1 Å². The van der Waals surface area contributed by atoms with Crippen molar-refractivity contribution >= 4 is 11.9 Å². The predicted molar refractivity (Wildman–Crippen MR) is 79.5 cm³/mol. The molecule has 0 radical (unpaired) electrons. The van der Waals surface area contributed by atoms with E-state index >= 15 is 0 Å². The van der Waals surface area contributed by atoms with E-state index in [4.69, 9.17) is 4.74 Å². The van der Waals surface area contributed by atoms with E-state index in [1.165, 1.54) is 6.92 Å². The Hall–Kier alpha value is -2.76. The molecule has 2 aromatic rings. The molecule has 1 N–H and O–H groups in total. The van der Waals surface area contributed by atoms with Crippen molar-refractivity contribution in [2.45, 2.75) is 19.6 Å². The van der Waals surface area contributed by atoms with Gasteiger partial charge in [0.25, 0.3) is 5.91 Å². The number of amides is 1. The second-order valence-electron chi connectivity index (χ2n) is 4.91. The molecule has 0 spiro atoms. The number of nitrogens with one attached hydrogen (secondary N) is 1. The average Bonchev–Trinajstić information content (AvgIpc) is 2.52. The molecule has 0 aromatic heterocycles. The molecule has 1 atom stereocenters. The fraction of sp³-hybridized carbons (Fsp3) is 0.176. The van der Waals surface area contributed by atoms with Gasteiger partial charge in [-0.1, -0.05) is 30.3 Å². The minimum absolute atomic E-state index is 0.287. The van der Waals surface area contributed by atoms with Crippen LogP contribution in [0.15, 0.2) is 48.5 Å². The fourth-order valence-electron chi connectivity index (χ4n) is 1.88. The van der Waals surface area contributed by atoms with Crippen LogP contribution >= 0.6 is 0 Å². The van der Waals surface area contributed by atoms with Crippen LogP contribution in [-0.4, -0.2) is 18.0 Å². The molecule has 6 heteroatoms. The third-order valence-corrected chi connectivity index (χ3v) is 3.06. The maximum Gasteiger partial charge on any atom is 0.339 e. The highest BCUT2D eigenvalue weighted by atomic mass is 19.1. The first-order valence-corrected chi connectivity index (χ1v) is 6.94. The predicted octanol–water partition coefficient (Wildman–Crippen LogP) is 2.83. The van der Waals surface area contributed by atoms with Crippen molar-refractivity contribution < 1.29 is 23.1 Å². The number of carbonyl (C=O) groups excluding carboxylic acids is 2. The topological polar surface area (TPSA) is 55.4 Å². The van der Waals surface area contributed by atoms with Gasteiger partial charge in [0, 0.05) is 12.6 Å². The van der Waals surface area contributed by atoms with Crippen LogP contribution in [0.2, 0.25) is 0 Å². The number of carbonyl (C=O) groups is 2. The van der Waals surface area contributed by atoms with Gasteiger partial charge in [0.05, 0.1) is 5.56 Å².